The number of rotatable bonds is 2. The zero-order valence-electron chi connectivity index (χ0n) is 8.34. The number of carboxylic acids is 1. The molecule has 0 spiro atoms. The minimum Gasteiger partial charge on any atom is -0.481 e. The molecule has 2 N–H and O–H groups in total. The molecule has 1 aliphatic carbocycles. The lowest BCUT2D eigenvalue weighted by Crippen LogP contribution is -2.39. The third kappa shape index (κ3) is 1.82. The molecule has 1 aliphatic rings. The number of carboxylic acid groups (broad SMARTS) is 1. The van der Waals surface area contributed by atoms with Crippen molar-refractivity contribution in [2.45, 2.75) is 13.8 Å². The first-order valence-electron chi connectivity index (χ1n) is 4.30. The largest absolute Gasteiger partial charge is 0.481 e. The molecule has 5 nitrogen and oxygen atoms in total. The summed E-state index contributed by atoms with van der Waals surface area (Å²) in [5.41, 5.74) is -1.61. The third-order valence-corrected chi connectivity index (χ3v) is 3.91. The van der Waals surface area contributed by atoms with Gasteiger partial charge in [-0.1, -0.05) is 19.1 Å². The summed E-state index contributed by atoms with van der Waals surface area (Å²) in [6, 6.07) is 0. The summed E-state index contributed by atoms with van der Waals surface area (Å²) in [5, 5.41) is 9.05. The van der Waals surface area contributed by atoms with Gasteiger partial charge >= 0.3 is 5.97 Å². The zero-order chi connectivity index (χ0) is 11.9. The molecule has 0 bridgehead atoms. The minimum absolute atomic E-state index is 0.475. The van der Waals surface area contributed by atoms with Crippen LogP contribution in [0, 0.1) is 11.3 Å². The fraction of sp³-hybridized carbons (Fsp3) is 0.444. The fourth-order valence-electron chi connectivity index (χ4n) is 1.55. The van der Waals surface area contributed by atoms with E-state index in [9.17, 15) is 13.2 Å². The van der Waals surface area contributed by atoms with Crippen LogP contribution in [0.5, 0.6) is 0 Å². The molecule has 0 fully saturated rings. The van der Waals surface area contributed by atoms with E-state index in [1.807, 2.05) is 0 Å². The smallest absolute Gasteiger partial charge is 0.315 e. The predicted molar refractivity (Wildman–Crippen MR) is 53.7 cm³/mol. The van der Waals surface area contributed by atoms with E-state index in [0.29, 0.717) is 0 Å². The minimum atomic E-state index is -4.48. The molecule has 0 amide bonds. The van der Waals surface area contributed by atoms with Crippen LogP contribution in [-0.2, 0) is 14.9 Å². The monoisotopic (exact) mass is 232 g/mol. The van der Waals surface area contributed by atoms with Gasteiger partial charge in [-0.15, -0.1) is 0 Å². The molecule has 2 atom stereocenters. The number of allylic oxidation sites excluding steroid dienone is 3. The Labute approximate surface area is 87.9 Å². The highest BCUT2D eigenvalue weighted by Crippen LogP contribution is 2.41. The Balaban J connectivity index is 3.42. The number of carbonyl (C=O) groups is 1. The van der Waals surface area contributed by atoms with Crippen LogP contribution in [0.15, 0.2) is 23.1 Å². The summed E-state index contributed by atoms with van der Waals surface area (Å²) in [6.45, 7) is 2.87. The normalized spacial score (nSPS) is 31.1. The Kier molecular flexibility index (Phi) is 2.75. The molecule has 2 unspecified atom stereocenters. The van der Waals surface area contributed by atoms with Crippen LogP contribution in [0.3, 0.4) is 0 Å². The maximum Gasteiger partial charge on any atom is 0.315 e. The Morgan fingerprint density at radius 3 is 2.40 bits per heavy atom. The summed E-state index contributed by atoms with van der Waals surface area (Å²) in [6.07, 6.45) is 4.13. The van der Waals surface area contributed by atoms with Gasteiger partial charge < -0.3 is 5.11 Å². The number of hydrogen-bond donors (Lipinski definition) is 2. The zero-order valence-corrected chi connectivity index (χ0v) is 9.15. The Hall–Kier alpha value is -1.14. The van der Waals surface area contributed by atoms with E-state index >= 15 is 0 Å². The molecule has 0 aliphatic heterocycles. The van der Waals surface area contributed by atoms with Gasteiger partial charge in [0.25, 0.3) is 10.1 Å². The van der Waals surface area contributed by atoms with E-state index in [0.717, 1.165) is 6.08 Å². The Bertz CT molecular complexity index is 445. The van der Waals surface area contributed by atoms with Crippen LogP contribution in [0.2, 0.25) is 0 Å². The maximum atomic E-state index is 11.1. The van der Waals surface area contributed by atoms with E-state index in [1.165, 1.54) is 13.0 Å². The molecule has 6 heteroatoms. The van der Waals surface area contributed by atoms with Gasteiger partial charge in [0.05, 0.1) is 4.91 Å². The second-order valence-corrected chi connectivity index (χ2v) is 5.08. The molecule has 0 heterocycles. The van der Waals surface area contributed by atoms with Crippen molar-refractivity contribution in [3.05, 3.63) is 23.1 Å². The standard InChI is InChI=1S/C9H12O5S/c1-6-4-3-5-7(15(12,13)14)9(6,2)8(10)11/h3-6H,1-2H3,(H,10,11)(H,12,13,14). The summed E-state index contributed by atoms with van der Waals surface area (Å²) >= 11 is 0. The number of hydrogen-bond acceptors (Lipinski definition) is 3. The molecule has 84 valence electrons. The van der Waals surface area contributed by atoms with Crippen molar-refractivity contribution >= 4 is 16.1 Å². The second kappa shape index (κ2) is 3.46. The summed E-state index contributed by atoms with van der Waals surface area (Å²) < 4.78 is 31.0. The van der Waals surface area contributed by atoms with Gasteiger partial charge in [0, 0.05) is 0 Å². The predicted octanol–water partition coefficient (Wildman–Crippen LogP) is 1.05. The van der Waals surface area contributed by atoms with Gasteiger partial charge in [0.1, 0.15) is 5.41 Å². The van der Waals surface area contributed by atoms with Crippen molar-refractivity contribution in [3.63, 3.8) is 0 Å². The molecule has 0 radical (unpaired) electrons. The Morgan fingerprint density at radius 2 is 2.07 bits per heavy atom. The van der Waals surface area contributed by atoms with Crippen molar-refractivity contribution in [1.29, 1.82) is 0 Å². The van der Waals surface area contributed by atoms with Crippen molar-refractivity contribution in [3.8, 4) is 0 Å². The van der Waals surface area contributed by atoms with Crippen LogP contribution in [0.4, 0.5) is 0 Å². The van der Waals surface area contributed by atoms with E-state index in [-0.39, 0.29) is 0 Å². The average Bonchev–Trinajstić information content (AvgIpc) is 2.07. The molecule has 0 saturated carbocycles. The third-order valence-electron chi connectivity index (χ3n) is 2.79. The van der Waals surface area contributed by atoms with Gasteiger partial charge in [-0.3, -0.25) is 9.35 Å². The van der Waals surface area contributed by atoms with E-state index in [2.05, 4.69) is 0 Å². The maximum absolute atomic E-state index is 11.1. The number of aliphatic carboxylic acids is 1. The van der Waals surface area contributed by atoms with Gasteiger partial charge in [-0.25, -0.2) is 0 Å². The van der Waals surface area contributed by atoms with Gasteiger partial charge in [0.15, 0.2) is 0 Å². The second-order valence-electron chi connectivity index (χ2n) is 3.69. The van der Waals surface area contributed by atoms with Crippen LogP contribution in [0.1, 0.15) is 13.8 Å². The first kappa shape index (κ1) is 11.9. The SMILES string of the molecule is CC1C=CC=C(S(=O)(=O)O)C1(C)C(=O)O. The molecule has 0 saturated heterocycles. The van der Waals surface area contributed by atoms with Crippen molar-refractivity contribution in [2.24, 2.45) is 11.3 Å². The van der Waals surface area contributed by atoms with Crippen molar-refractivity contribution in [2.75, 3.05) is 0 Å². The van der Waals surface area contributed by atoms with Crippen molar-refractivity contribution < 1.29 is 22.9 Å². The highest BCUT2D eigenvalue weighted by molar-refractivity contribution is 7.89. The summed E-state index contributed by atoms with van der Waals surface area (Å²) in [5.74, 6) is -1.78. The lowest BCUT2D eigenvalue weighted by Gasteiger charge is -2.32. The molecule has 0 aromatic carbocycles. The molecule has 0 aromatic rings. The molecule has 15 heavy (non-hydrogen) atoms. The first-order chi connectivity index (χ1) is 6.70. The van der Waals surface area contributed by atoms with E-state index in [4.69, 9.17) is 9.66 Å². The van der Waals surface area contributed by atoms with Crippen LogP contribution in [0.25, 0.3) is 0 Å². The van der Waals surface area contributed by atoms with Crippen LogP contribution >= 0.6 is 0 Å². The molecule has 1 rings (SSSR count). The van der Waals surface area contributed by atoms with E-state index in [1.54, 1.807) is 13.0 Å². The van der Waals surface area contributed by atoms with Gasteiger partial charge in [-0.2, -0.15) is 8.42 Å². The highest BCUT2D eigenvalue weighted by atomic mass is 32.2. The highest BCUT2D eigenvalue weighted by Gasteiger charge is 2.47. The Morgan fingerprint density at radius 1 is 1.53 bits per heavy atom. The lowest BCUT2D eigenvalue weighted by atomic mass is 9.75. The van der Waals surface area contributed by atoms with Gasteiger partial charge in [0.2, 0.25) is 0 Å². The lowest BCUT2D eigenvalue weighted by molar-refractivity contribution is -0.147. The topological polar surface area (TPSA) is 91.7 Å². The van der Waals surface area contributed by atoms with Crippen molar-refractivity contribution in [1.82, 2.24) is 0 Å². The first-order valence-corrected chi connectivity index (χ1v) is 5.74. The van der Waals surface area contributed by atoms with Gasteiger partial charge in [-0.05, 0) is 18.9 Å². The molecular weight excluding hydrogens is 220 g/mol. The summed E-state index contributed by atoms with van der Waals surface area (Å²) in [4.78, 5) is 10.6. The quantitative estimate of drug-likeness (QED) is 0.694. The van der Waals surface area contributed by atoms with Crippen LogP contribution in [-0.4, -0.2) is 24.0 Å². The molecular formula is C9H12O5S. The fourth-order valence-corrected chi connectivity index (χ4v) is 2.61. The van der Waals surface area contributed by atoms with Crippen LogP contribution < -0.4 is 0 Å². The average molecular weight is 232 g/mol. The summed E-state index contributed by atoms with van der Waals surface area (Å²) in [7, 11) is -4.48. The van der Waals surface area contributed by atoms with E-state index < -0.39 is 32.3 Å². The molecule has 0 aromatic heterocycles.